The summed E-state index contributed by atoms with van der Waals surface area (Å²) in [5.74, 6) is 0.556. The molecule has 106 valence electrons. The predicted molar refractivity (Wildman–Crippen MR) is 82.4 cm³/mol. The summed E-state index contributed by atoms with van der Waals surface area (Å²) in [6.45, 7) is 3.11. The zero-order chi connectivity index (χ0) is 13.9. The van der Waals surface area contributed by atoms with Crippen LogP contribution in [0.4, 0.5) is 4.39 Å². The molecule has 0 spiro atoms. The molecule has 1 nitrogen and oxygen atoms in total. The van der Waals surface area contributed by atoms with Gasteiger partial charge in [0.15, 0.2) is 0 Å². The van der Waals surface area contributed by atoms with Crippen molar-refractivity contribution < 1.29 is 4.39 Å². The molecule has 1 atom stereocenters. The lowest BCUT2D eigenvalue weighted by Gasteiger charge is -2.19. The number of thiophene rings is 1. The second-order valence-corrected chi connectivity index (χ2v) is 6.47. The number of aryl methyl sites for hydroxylation is 1. The Balaban J connectivity index is 1.70. The zero-order valence-corrected chi connectivity index (χ0v) is 12.5. The Morgan fingerprint density at radius 2 is 2.00 bits per heavy atom. The number of rotatable bonds is 6. The van der Waals surface area contributed by atoms with Crippen LogP contribution in [0.3, 0.4) is 0 Å². The second kappa shape index (κ2) is 6.06. The Morgan fingerprint density at radius 3 is 2.65 bits per heavy atom. The van der Waals surface area contributed by atoms with Crippen LogP contribution in [0.15, 0.2) is 35.7 Å². The third-order valence-corrected chi connectivity index (χ3v) is 4.99. The maximum absolute atomic E-state index is 13.1. The highest BCUT2D eigenvalue weighted by atomic mass is 32.1. The molecule has 2 aromatic rings. The Labute approximate surface area is 123 Å². The van der Waals surface area contributed by atoms with Gasteiger partial charge in [0.2, 0.25) is 0 Å². The maximum atomic E-state index is 13.1. The van der Waals surface area contributed by atoms with Crippen LogP contribution >= 0.6 is 11.3 Å². The first-order valence-corrected chi connectivity index (χ1v) is 8.20. The summed E-state index contributed by atoms with van der Waals surface area (Å²) in [4.78, 5) is 1.43. The molecule has 1 fully saturated rings. The van der Waals surface area contributed by atoms with Crippen molar-refractivity contribution in [2.45, 2.75) is 38.8 Å². The van der Waals surface area contributed by atoms with Gasteiger partial charge in [-0.25, -0.2) is 4.39 Å². The first-order valence-electron chi connectivity index (χ1n) is 7.32. The molecule has 0 bridgehead atoms. The monoisotopic (exact) mass is 289 g/mol. The largest absolute Gasteiger partial charge is 0.305 e. The summed E-state index contributed by atoms with van der Waals surface area (Å²) in [5, 5.41) is 5.85. The van der Waals surface area contributed by atoms with Gasteiger partial charge in [0.05, 0.1) is 0 Å². The average molecular weight is 289 g/mol. The summed E-state index contributed by atoms with van der Waals surface area (Å²) in [6.07, 6.45) is 3.64. The van der Waals surface area contributed by atoms with Crippen molar-refractivity contribution in [2.75, 3.05) is 0 Å². The van der Waals surface area contributed by atoms with E-state index in [1.54, 1.807) is 12.1 Å². The topological polar surface area (TPSA) is 12.0 Å². The fourth-order valence-electron chi connectivity index (χ4n) is 2.70. The third kappa shape index (κ3) is 3.10. The molecular weight excluding hydrogens is 269 g/mol. The number of benzene rings is 1. The molecule has 0 amide bonds. The van der Waals surface area contributed by atoms with Gasteiger partial charge in [-0.3, -0.25) is 0 Å². The molecule has 0 radical (unpaired) electrons. The van der Waals surface area contributed by atoms with Crippen molar-refractivity contribution in [3.8, 4) is 0 Å². The van der Waals surface area contributed by atoms with E-state index in [4.69, 9.17) is 0 Å². The average Bonchev–Trinajstić information content (AvgIpc) is 3.19. The van der Waals surface area contributed by atoms with Crippen LogP contribution < -0.4 is 5.32 Å². The normalized spacial score (nSPS) is 16.3. The lowest BCUT2D eigenvalue weighted by molar-refractivity contribution is 0.481. The zero-order valence-electron chi connectivity index (χ0n) is 11.7. The van der Waals surface area contributed by atoms with Crippen LogP contribution in [0.25, 0.3) is 0 Å². The summed E-state index contributed by atoms with van der Waals surface area (Å²) >= 11 is 1.82. The molecule has 1 N–H and O–H groups in total. The van der Waals surface area contributed by atoms with E-state index in [9.17, 15) is 4.39 Å². The molecule has 1 aliphatic rings. The molecule has 3 heteroatoms. The number of hydrogen-bond acceptors (Lipinski definition) is 2. The van der Waals surface area contributed by atoms with E-state index in [-0.39, 0.29) is 5.82 Å². The van der Waals surface area contributed by atoms with E-state index in [0.717, 1.165) is 13.0 Å². The van der Waals surface area contributed by atoms with Gasteiger partial charge in [-0.05, 0) is 59.9 Å². The molecule has 0 aliphatic heterocycles. The molecule has 1 unspecified atom stereocenters. The Morgan fingerprint density at radius 1 is 1.25 bits per heavy atom. The van der Waals surface area contributed by atoms with Crippen molar-refractivity contribution in [1.29, 1.82) is 0 Å². The minimum absolute atomic E-state index is 0.158. The van der Waals surface area contributed by atoms with Crippen LogP contribution in [0.1, 0.15) is 41.8 Å². The van der Waals surface area contributed by atoms with Crippen LogP contribution in [0, 0.1) is 11.7 Å². The molecule has 20 heavy (non-hydrogen) atoms. The van der Waals surface area contributed by atoms with Crippen molar-refractivity contribution in [3.63, 3.8) is 0 Å². The van der Waals surface area contributed by atoms with Gasteiger partial charge in [0, 0.05) is 17.5 Å². The molecule has 1 aromatic carbocycles. The number of halogens is 1. The van der Waals surface area contributed by atoms with Crippen molar-refractivity contribution >= 4 is 11.3 Å². The minimum atomic E-state index is -0.158. The van der Waals surface area contributed by atoms with Gasteiger partial charge >= 0.3 is 0 Å². The molecule has 3 rings (SSSR count). The Kier molecular flexibility index (Phi) is 4.18. The first-order chi connectivity index (χ1) is 9.78. The summed E-state index contributed by atoms with van der Waals surface area (Å²) in [5.41, 5.74) is 2.65. The molecule has 1 aliphatic carbocycles. The van der Waals surface area contributed by atoms with Crippen LogP contribution in [0.5, 0.6) is 0 Å². The van der Waals surface area contributed by atoms with Gasteiger partial charge in [-0.1, -0.05) is 19.1 Å². The van der Waals surface area contributed by atoms with E-state index >= 15 is 0 Å². The Bertz CT molecular complexity index is 557. The number of nitrogens with one attached hydrogen (secondary N) is 1. The molecule has 1 heterocycles. The summed E-state index contributed by atoms with van der Waals surface area (Å²) < 4.78 is 13.1. The fourth-order valence-corrected chi connectivity index (χ4v) is 3.62. The molecule has 1 saturated carbocycles. The third-order valence-electron chi connectivity index (χ3n) is 4.02. The molecule has 0 saturated heterocycles. The SMILES string of the molecule is CCc1ccsc1CNC(c1ccc(F)cc1)C1CC1. The van der Waals surface area contributed by atoms with Gasteiger partial charge in [-0.15, -0.1) is 11.3 Å². The quantitative estimate of drug-likeness (QED) is 0.813. The van der Waals surface area contributed by atoms with Crippen molar-refractivity contribution in [3.05, 3.63) is 57.5 Å². The standard InChI is InChI=1S/C17H20FNS/c1-2-12-9-10-20-16(12)11-19-17(13-3-4-13)14-5-7-15(18)8-6-14/h5-10,13,17,19H,2-4,11H2,1H3. The van der Waals surface area contributed by atoms with Gasteiger partial charge < -0.3 is 5.32 Å². The highest BCUT2D eigenvalue weighted by Gasteiger charge is 2.32. The van der Waals surface area contributed by atoms with Crippen LogP contribution in [-0.2, 0) is 13.0 Å². The van der Waals surface area contributed by atoms with Crippen molar-refractivity contribution in [1.82, 2.24) is 5.32 Å². The number of hydrogen-bond donors (Lipinski definition) is 1. The summed E-state index contributed by atoms with van der Waals surface area (Å²) in [7, 11) is 0. The molecule has 1 aromatic heterocycles. The van der Waals surface area contributed by atoms with E-state index < -0.39 is 0 Å². The van der Waals surface area contributed by atoms with Crippen molar-refractivity contribution in [2.24, 2.45) is 5.92 Å². The molecular formula is C17H20FNS. The lowest BCUT2D eigenvalue weighted by atomic mass is 10.0. The second-order valence-electron chi connectivity index (χ2n) is 5.47. The van der Waals surface area contributed by atoms with Crippen LogP contribution in [-0.4, -0.2) is 0 Å². The maximum Gasteiger partial charge on any atom is 0.123 e. The fraction of sp³-hybridized carbons (Fsp3) is 0.412. The minimum Gasteiger partial charge on any atom is -0.305 e. The van der Waals surface area contributed by atoms with E-state index in [1.807, 2.05) is 23.5 Å². The van der Waals surface area contributed by atoms with Crippen LogP contribution in [0.2, 0.25) is 0 Å². The smallest absolute Gasteiger partial charge is 0.123 e. The lowest BCUT2D eigenvalue weighted by Crippen LogP contribution is -2.22. The highest BCUT2D eigenvalue weighted by Crippen LogP contribution is 2.41. The van der Waals surface area contributed by atoms with Gasteiger partial charge in [0.25, 0.3) is 0 Å². The van der Waals surface area contributed by atoms with Gasteiger partial charge in [0.1, 0.15) is 5.82 Å². The van der Waals surface area contributed by atoms with E-state index in [0.29, 0.717) is 12.0 Å². The first kappa shape index (κ1) is 13.8. The van der Waals surface area contributed by atoms with Gasteiger partial charge in [-0.2, -0.15) is 0 Å². The Hall–Kier alpha value is -1.19. The summed E-state index contributed by atoms with van der Waals surface area (Å²) in [6, 6.07) is 9.54. The van der Waals surface area contributed by atoms with E-state index in [1.165, 1.54) is 28.8 Å². The predicted octanol–water partition coefficient (Wildman–Crippen LogP) is 4.69. The highest BCUT2D eigenvalue weighted by molar-refractivity contribution is 7.10. The van der Waals surface area contributed by atoms with E-state index in [2.05, 4.69) is 23.7 Å².